The van der Waals surface area contributed by atoms with Crippen LogP contribution >= 0.6 is 0 Å². The van der Waals surface area contributed by atoms with Crippen molar-refractivity contribution in [3.63, 3.8) is 0 Å². The number of methoxy groups -OCH3 is 1. The maximum Gasteiger partial charge on any atom is 0.340 e. The fraction of sp³-hybridized carbons (Fsp3) is 0.176. The lowest BCUT2D eigenvalue weighted by molar-refractivity contribution is -0.384. The van der Waals surface area contributed by atoms with Crippen LogP contribution in [0.1, 0.15) is 11.7 Å². The Hall–Kier alpha value is -3.46. The number of aliphatic hydroxyl groups excluding tert-OH is 1. The van der Waals surface area contributed by atoms with Crippen molar-refractivity contribution >= 4 is 23.3 Å². The highest BCUT2D eigenvalue weighted by atomic mass is 16.6. The third-order valence-electron chi connectivity index (χ3n) is 3.36. The Morgan fingerprint density at radius 3 is 2.54 bits per heavy atom. The van der Waals surface area contributed by atoms with Crippen molar-refractivity contribution in [3.05, 3.63) is 64.2 Å². The third-order valence-corrected chi connectivity index (χ3v) is 3.36. The summed E-state index contributed by atoms with van der Waals surface area (Å²) in [6.07, 6.45) is -1.53. The molecule has 0 saturated heterocycles. The normalized spacial score (nSPS) is 11.3. The van der Waals surface area contributed by atoms with Crippen molar-refractivity contribution in [3.8, 4) is 5.75 Å². The average molecular weight is 360 g/mol. The molecule has 9 nitrogen and oxygen atoms in total. The Labute approximate surface area is 148 Å². The van der Waals surface area contributed by atoms with Gasteiger partial charge in [-0.3, -0.25) is 14.9 Å². The Kier molecular flexibility index (Phi) is 6.23. The number of benzene rings is 2. The van der Waals surface area contributed by atoms with Crippen LogP contribution in [-0.4, -0.2) is 35.6 Å². The smallest absolute Gasteiger partial charge is 0.340 e. The second-order valence-electron chi connectivity index (χ2n) is 5.11. The first-order valence-corrected chi connectivity index (χ1v) is 7.44. The van der Waals surface area contributed by atoms with Crippen LogP contribution in [0.15, 0.2) is 48.5 Å². The number of aliphatic hydroxyl groups is 1. The highest BCUT2D eigenvalue weighted by Crippen LogP contribution is 2.28. The van der Waals surface area contributed by atoms with E-state index >= 15 is 0 Å². The van der Waals surface area contributed by atoms with Crippen molar-refractivity contribution in [2.24, 2.45) is 0 Å². The van der Waals surface area contributed by atoms with Crippen LogP contribution in [0.25, 0.3) is 0 Å². The van der Waals surface area contributed by atoms with Crippen molar-refractivity contribution < 1.29 is 29.1 Å². The van der Waals surface area contributed by atoms with E-state index in [2.05, 4.69) is 5.32 Å². The minimum absolute atomic E-state index is 0.0690. The average Bonchev–Trinajstić information content (AvgIpc) is 2.66. The first-order chi connectivity index (χ1) is 12.4. The highest BCUT2D eigenvalue weighted by Gasteiger charge is 2.21. The molecule has 26 heavy (non-hydrogen) atoms. The number of ether oxygens (including phenoxy) is 2. The van der Waals surface area contributed by atoms with Gasteiger partial charge in [-0.25, -0.2) is 4.79 Å². The van der Waals surface area contributed by atoms with Crippen LogP contribution in [0.5, 0.6) is 5.75 Å². The van der Waals surface area contributed by atoms with Gasteiger partial charge in [-0.2, -0.15) is 0 Å². The largest absolute Gasteiger partial charge is 0.496 e. The molecule has 0 saturated carbocycles. The molecule has 2 rings (SSSR count). The van der Waals surface area contributed by atoms with Gasteiger partial charge in [0.1, 0.15) is 11.4 Å². The number of carbonyl (C=O) groups excluding carboxylic acids is 2. The standard InChI is InChI=1S/C17H16N2O7/c1-25-12-7-8-13(14(9-12)19(23)24)18-15(20)10-26-17(22)16(21)11-5-3-2-4-6-11/h2-9,16,21H,10H2,1H3,(H,18,20)/t16-/m0/s1. The Morgan fingerprint density at radius 1 is 1.23 bits per heavy atom. The molecule has 9 heteroatoms. The summed E-state index contributed by atoms with van der Waals surface area (Å²) >= 11 is 0. The van der Waals surface area contributed by atoms with Gasteiger partial charge in [0.2, 0.25) is 0 Å². The molecule has 2 aromatic carbocycles. The van der Waals surface area contributed by atoms with Gasteiger partial charge in [-0.15, -0.1) is 0 Å². The number of carbonyl (C=O) groups is 2. The maximum atomic E-state index is 11.9. The van der Waals surface area contributed by atoms with E-state index in [-0.39, 0.29) is 17.1 Å². The van der Waals surface area contributed by atoms with Crippen molar-refractivity contribution in [1.29, 1.82) is 0 Å². The summed E-state index contributed by atoms with van der Waals surface area (Å²) in [5.41, 5.74) is -0.113. The number of hydrogen-bond donors (Lipinski definition) is 2. The maximum absolute atomic E-state index is 11.9. The summed E-state index contributed by atoms with van der Waals surface area (Å²) in [5, 5.41) is 23.2. The number of nitrogens with one attached hydrogen (secondary N) is 1. The zero-order valence-corrected chi connectivity index (χ0v) is 13.7. The summed E-state index contributed by atoms with van der Waals surface area (Å²) in [6.45, 7) is -0.702. The number of nitro groups is 1. The number of nitrogens with zero attached hydrogens (tertiary/aromatic N) is 1. The first-order valence-electron chi connectivity index (χ1n) is 7.44. The number of amides is 1. The molecule has 0 fully saturated rings. The van der Waals surface area contributed by atoms with E-state index in [0.29, 0.717) is 5.56 Å². The Morgan fingerprint density at radius 2 is 1.92 bits per heavy atom. The fourth-order valence-corrected chi connectivity index (χ4v) is 2.07. The van der Waals surface area contributed by atoms with E-state index in [1.165, 1.54) is 31.4 Å². The van der Waals surface area contributed by atoms with E-state index in [1.807, 2.05) is 0 Å². The molecule has 0 heterocycles. The van der Waals surface area contributed by atoms with Crippen molar-refractivity contribution in [2.45, 2.75) is 6.10 Å². The number of rotatable bonds is 7. The van der Waals surface area contributed by atoms with E-state index in [1.54, 1.807) is 18.2 Å². The van der Waals surface area contributed by atoms with Crippen LogP contribution in [0.2, 0.25) is 0 Å². The minimum atomic E-state index is -1.53. The van der Waals surface area contributed by atoms with Crippen LogP contribution in [0, 0.1) is 10.1 Å². The van der Waals surface area contributed by atoms with Gasteiger partial charge in [0.15, 0.2) is 12.7 Å². The Bertz CT molecular complexity index is 808. The number of anilines is 1. The van der Waals surface area contributed by atoms with Crippen LogP contribution in [0.3, 0.4) is 0 Å². The summed E-state index contributed by atoms with van der Waals surface area (Å²) in [4.78, 5) is 34.1. The van der Waals surface area contributed by atoms with Gasteiger partial charge < -0.3 is 19.9 Å². The quantitative estimate of drug-likeness (QED) is 0.438. The second kappa shape index (κ2) is 8.58. The monoisotopic (exact) mass is 360 g/mol. The number of hydrogen-bond acceptors (Lipinski definition) is 7. The van der Waals surface area contributed by atoms with E-state index in [4.69, 9.17) is 9.47 Å². The molecular weight excluding hydrogens is 344 g/mol. The number of nitro benzene ring substituents is 1. The molecule has 0 aliphatic rings. The predicted molar refractivity (Wildman–Crippen MR) is 90.6 cm³/mol. The topological polar surface area (TPSA) is 128 Å². The summed E-state index contributed by atoms with van der Waals surface area (Å²) in [5.74, 6) is -1.53. The minimum Gasteiger partial charge on any atom is -0.496 e. The zero-order valence-electron chi connectivity index (χ0n) is 13.7. The third kappa shape index (κ3) is 4.77. The molecule has 0 aliphatic carbocycles. The predicted octanol–water partition coefficient (Wildman–Crippen LogP) is 1.82. The molecular formula is C17H16N2O7. The van der Waals surface area contributed by atoms with Gasteiger partial charge in [0.05, 0.1) is 18.1 Å². The molecule has 2 N–H and O–H groups in total. The SMILES string of the molecule is COc1ccc(NC(=O)COC(=O)[C@@H](O)c2ccccc2)c([N+](=O)[O-])c1. The van der Waals surface area contributed by atoms with Gasteiger partial charge in [0.25, 0.3) is 11.6 Å². The van der Waals surface area contributed by atoms with Gasteiger partial charge >= 0.3 is 5.97 Å². The molecule has 0 aliphatic heterocycles. The van der Waals surface area contributed by atoms with E-state index in [0.717, 1.165) is 6.07 Å². The lowest BCUT2D eigenvalue weighted by Gasteiger charge is -2.11. The second-order valence-corrected chi connectivity index (χ2v) is 5.11. The van der Waals surface area contributed by atoms with E-state index in [9.17, 15) is 24.8 Å². The molecule has 0 spiro atoms. The first kappa shape index (κ1) is 18.9. The summed E-state index contributed by atoms with van der Waals surface area (Å²) < 4.78 is 9.64. The van der Waals surface area contributed by atoms with Crippen LogP contribution < -0.4 is 10.1 Å². The van der Waals surface area contributed by atoms with Crippen LogP contribution in [0.4, 0.5) is 11.4 Å². The van der Waals surface area contributed by atoms with Gasteiger partial charge in [-0.1, -0.05) is 30.3 Å². The van der Waals surface area contributed by atoms with Crippen molar-refractivity contribution in [1.82, 2.24) is 0 Å². The lowest BCUT2D eigenvalue weighted by Crippen LogP contribution is -2.24. The highest BCUT2D eigenvalue weighted by molar-refractivity contribution is 5.95. The molecule has 0 bridgehead atoms. The molecule has 1 amide bonds. The zero-order chi connectivity index (χ0) is 19.1. The lowest BCUT2D eigenvalue weighted by atomic mass is 10.1. The van der Waals surface area contributed by atoms with E-state index < -0.39 is 29.5 Å². The van der Waals surface area contributed by atoms with Gasteiger partial charge in [-0.05, 0) is 17.7 Å². The fourth-order valence-electron chi connectivity index (χ4n) is 2.07. The van der Waals surface area contributed by atoms with Crippen LogP contribution in [-0.2, 0) is 14.3 Å². The molecule has 2 aromatic rings. The number of esters is 1. The molecule has 136 valence electrons. The van der Waals surface area contributed by atoms with Crippen molar-refractivity contribution in [2.75, 3.05) is 19.0 Å². The molecule has 0 radical (unpaired) electrons. The van der Waals surface area contributed by atoms with Gasteiger partial charge in [0, 0.05) is 0 Å². The summed E-state index contributed by atoms with van der Waals surface area (Å²) in [7, 11) is 1.36. The Balaban J connectivity index is 1.97. The molecule has 1 atom stereocenters. The summed E-state index contributed by atoms with van der Waals surface area (Å²) in [6, 6.07) is 12.0. The molecule has 0 aromatic heterocycles. The molecule has 0 unspecified atom stereocenters.